The third-order valence-corrected chi connectivity index (χ3v) is 5.41. The highest BCUT2D eigenvalue weighted by Crippen LogP contribution is 2.20. The lowest BCUT2D eigenvalue weighted by molar-refractivity contribution is 0.130. The molecule has 3 aromatic rings. The van der Waals surface area contributed by atoms with E-state index < -0.39 is 0 Å². The highest BCUT2D eigenvalue weighted by Gasteiger charge is 2.27. The van der Waals surface area contributed by atoms with Gasteiger partial charge in [0.1, 0.15) is 5.52 Å². The standard InChI is InChI=1S/C21H22N6O/c1-25(18-9-11-26(12-10-18)15-16-5-3-2-4-6-16)21(28)27-20-8-7-17(14-22)13-19(20)23-24-27/h2-8,13,18H,9-12,15H2,1H3. The molecule has 0 bridgehead atoms. The summed E-state index contributed by atoms with van der Waals surface area (Å²) in [4.78, 5) is 17.2. The lowest BCUT2D eigenvalue weighted by atomic mass is 10.0. The van der Waals surface area contributed by atoms with Crippen molar-refractivity contribution in [2.45, 2.75) is 25.4 Å². The zero-order chi connectivity index (χ0) is 19.5. The average Bonchev–Trinajstić information content (AvgIpc) is 3.17. The van der Waals surface area contributed by atoms with Crippen LogP contribution < -0.4 is 0 Å². The quantitative estimate of drug-likeness (QED) is 0.704. The van der Waals surface area contributed by atoms with Gasteiger partial charge in [0, 0.05) is 32.7 Å². The molecule has 2 heterocycles. The lowest BCUT2D eigenvalue weighted by Crippen LogP contribution is -2.46. The zero-order valence-corrected chi connectivity index (χ0v) is 15.8. The number of hydrogen-bond acceptors (Lipinski definition) is 5. The van der Waals surface area contributed by atoms with Crippen LogP contribution in [0.5, 0.6) is 0 Å². The SMILES string of the molecule is CN(C(=O)n1nnc2cc(C#N)ccc21)C1CCN(Cc2ccccc2)CC1. The fourth-order valence-corrected chi connectivity index (χ4v) is 3.75. The lowest BCUT2D eigenvalue weighted by Gasteiger charge is -2.36. The molecule has 7 heteroatoms. The normalized spacial score (nSPS) is 15.4. The second kappa shape index (κ2) is 7.79. The van der Waals surface area contributed by atoms with Crippen LogP contribution in [-0.4, -0.2) is 57.0 Å². The summed E-state index contributed by atoms with van der Waals surface area (Å²) in [6.45, 7) is 2.86. The second-order valence-electron chi connectivity index (χ2n) is 7.20. The number of nitriles is 1. The zero-order valence-electron chi connectivity index (χ0n) is 15.8. The Bertz CT molecular complexity index is 1010. The van der Waals surface area contributed by atoms with Crippen molar-refractivity contribution < 1.29 is 4.79 Å². The van der Waals surface area contributed by atoms with Crippen molar-refractivity contribution in [1.29, 1.82) is 5.26 Å². The third kappa shape index (κ3) is 3.59. The molecule has 1 aliphatic rings. The first kappa shape index (κ1) is 18.1. The Hall–Kier alpha value is -3.24. The summed E-state index contributed by atoms with van der Waals surface area (Å²) in [5.74, 6) is 0. The van der Waals surface area contributed by atoms with Crippen molar-refractivity contribution in [3.05, 3.63) is 59.7 Å². The van der Waals surface area contributed by atoms with Gasteiger partial charge in [-0.25, -0.2) is 4.79 Å². The summed E-state index contributed by atoms with van der Waals surface area (Å²) in [5.41, 5.74) is 3.00. The molecule has 0 unspecified atom stereocenters. The molecule has 0 spiro atoms. The molecular formula is C21H22N6O. The van der Waals surface area contributed by atoms with Gasteiger partial charge in [-0.2, -0.15) is 9.94 Å². The first-order valence-corrected chi connectivity index (χ1v) is 9.45. The Labute approximate surface area is 163 Å². The Morgan fingerprint density at radius 1 is 1.21 bits per heavy atom. The monoisotopic (exact) mass is 374 g/mol. The molecule has 142 valence electrons. The third-order valence-electron chi connectivity index (χ3n) is 5.41. The molecule has 0 N–H and O–H groups in total. The Morgan fingerprint density at radius 3 is 2.68 bits per heavy atom. The Kier molecular flexibility index (Phi) is 5.04. The van der Waals surface area contributed by atoms with Crippen LogP contribution in [0.4, 0.5) is 4.79 Å². The number of aromatic nitrogens is 3. The van der Waals surface area contributed by atoms with Crippen LogP contribution in [0, 0.1) is 11.3 Å². The van der Waals surface area contributed by atoms with Gasteiger partial charge in [0.25, 0.3) is 0 Å². The predicted molar refractivity (Wildman–Crippen MR) is 106 cm³/mol. The van der Waals surface area contributed by atoms with Crippen molar-refractivity contribution in [1.82, 2.24) is 24.8 Å². The highest BCUT2D eigenvalue weighted by atomic mass is 16.2. The number of carbonyl (C=O) groups excluding carboxylic acids is 1. The summed E-state index contributed by atoms with van der Waals surface area (Å²) < 4.78 is 1.33. The van der Waals surface area contributed by atoms with Crippen LogP contribution in [0.25, 0.3) is 11.0 Å². The van der Waals surface area contributed by atoms with E-state index in [-0.39, 0.29) is 12.1 Å². The van der Waals surface area contributed by atoms with Gasteiger partial charge in [0.2, 0.25) is 0 Å². The molecule has 0 saturated carbocycles. The predicted octanol–water partition coefficient (Wildman–Crippen LogP) is 2.87. The summed E-state index contributed by atoms with van der Waals surface area (Å²) in [7, 11) is 1.83. The smallest absolute Gasteiger partial charge is 0.323 e. The van der Waals surface area contributed by atoms with E-state index in [4.69, 9.17) is 5.26 Å². The summed E-state index contributed by atoms with van der Waals surface area (Å²) in [6, 6.07) is 17.6. The van der Waals surface area contributed by atoms with Gasteiger partial charge in [-0.3, -0.25) is 4.90 Å². The second-order valence-corrected chi connectivity index (χ2v) is 7.20. The van der Waals surface area contributed by atoms with Crippen LogP contribution in [0.2, 0.25) is 0 Å². The minimum absolute atomic E-state index is 0.178. The highest BCUT2D eigenvalue weighted by molar-refractivity contribution is 5.88. The van der Waals surface area contributed by atoms with E-state index in [2.05, 4.69) is 45.5 Å². The first-order valence-electron chi connectivity index (χ1n) is 9.45. The van der Waals surface area contributed by atoms with E-state index >= 15 is 0 Å². The maximum Gasteiger partial charge on any atom is 0.346 e. The number of fused-ring (bicyclic) bond motifs is 1. The number of piperidine rings is 1. The molecular weight excluding hydrogens is 352 g/mol. The van der Waals surface area contributed by atoms with Gasteiger partial charge < -0.3 is 4.90 Å². The van der Waals surface area contributed by atoms with Gasteiger partial charge in [-0.05, 0) is 36.6 Å². The minimum atomic E-state index is -0.186. The van der Waals surface area contributed by atoms with E-state index in [9.17, 15) is 4.79 Å². The van der Waals surface area contributed by atoms with Crippen molar-refractivity contribution in [3.63, 3.8) is 0 Å². The van der Waals surface area contributed by atoms with Gasteiger partial charge >= 0.3 is 6.03 Å². The molecule has 1 saturated heterocycles. The fraction of sp³-hybridized carbons (Fsp3) is 0.333. The number of benzene rings is 2. The minimum Gasteiger partial charge on any atom is -0.323 e. The van der Waals surface area contributed by atoms with E-state index in [1.54, 1.807) is 23.1 Å². The molecule has 28 heavy (non-hydrogen) atoms. The molecule has 7 nitrogen and oxygen atoms in total. The fourth-order valence-electron chi connectivity index (χ4n) is 3.75. The molecule has 2 aromatic carbocycles. The molecule has 1 aliphatic heterocycles. The Balaban J connectivity index is 1.40. The van der Waals surface area contributed by atoms with E-state index in [0.29, 0.717) is 16.6 Å². The van der Waals surface area contributed by atoms with E-state index in [1.165, 1.54) is 10.2 Å². The van der Waals surface area contributed by atoms with E-state index in [0.717, 1.165) is 32.5 Å². The Morgan fingerprint density at radius 2 is 1.96 bits per heavy atom. The van der Waals surface area contributed by atoms with Crippen LogP contribution in [-0.2, 0) is 6.54 Å². The molecule has 0 aliphatic carbocycles. The van der Waals surface area contributed by atoms with Crippen molar-refractivity contribution in [2.75, 3.05) is 20.1 Å². The molecule has 0 radical (unpaired) electrons. The maximum absolute atomic E-state index is 13.0. The maximum atomic E-state index is 13.0. The molecule has 1 amide bonds. The molecule has 1 aromatic heterocycles. The topological polar surface area (TPSA) is 78.0 Å². The van der Waals surface area contributed by atoms with Crippen LogP contribution in [0.1, 0.15) is 24.0 Å². The largest absolute Gasteiger partial charge is 0.346 e. The van der Waals surface area contributed by atoms with Gasteiger partial charge in [-0.15, -0.1) is 5.10 Å². The van der Waals surface area contributed by atoms with Gasteiger partial charge in [0.15, 0.2) is 0 Å². The summed E-state index contributed by atoms with van der Waals surface area (Å²) in [5, 5.41) is 17.1. The number of rotatable bonds is 3. The molecule has 4 rings (SSSR count). The molecule has 0 atom stereocenters. The number of amides is 1. The first-order chi connectivity index (χ1) is 13.7. The summed E-state index contributed by atoms with van der Waals surface area (Å²) in [6.07, 6.45) is 1.86. The number of nitrogens with zero attached hydrogens (tertiary/aromatic N) is 6. The van der Waals surface area contributed by atoms with Gasteiger partial charge in [0.05, 0.1) is 17.1 Å². The van der Waals surface area contributed by atoms with Crippen molar-refractivity contribution in [3.8, 4) is 6.07 Å². The summed E-state index contributed by atoms with van der Waals surface area (Å²) >= 11 is 0. The molecule has 1 fully saturated rings. The number of likely N-dealkylation sites (tertiary alicyclic amines) is 1. The average molecular weight is 374 g/mol. The van der Waals surface area contributed by atoms with Crippen molar-refractivity contribution in [2.24, 2.45) is 0 Å². The van der Waals surface area contributed by atoms with E-state index in [1.807, 2.05) is 13.1 Å². The number of hydrogen-bond donors (Lipinski definition) is 0. The van der Waals surface area contributed by atoms with Gasteiger partial charge in [-0.1, -0.05) is 35.5 Å². The van der Waals surface area contributed by atoms with Crippen LogP contribution >= 0.6 is 0 Å². The van der Waals surface area contributed by atoms with Crippen molar-refractivity contribution >= 4 is 17.1 Å². The van der Waals surface area contributed by atoms with Crippen LogP contribution in [0.15, 0.2) is 48.5 Å². The number of carbonyl (C=O) groups is 1. The van der Waals surface area contributed by atoms with Crippen LogP contribution in [0.3, 0.4) is 0 Å².